The molecule has 0 aliphatic rings. The molecule has 0 saturated heterocycles. The number of fused-ring (bicyclic) bond motifs is 1. The molecule has 0 aliphatic carbocycles. The van der Waals surface area contributed by atoms with Gasteiger partial charge in [-0.3, -0.25) is 9.78 Å². The molecule has 1 heterocycles. The highest BCUT2D eigenvalue weighted by Gasteiger charge is 2.19. The second kappa shape index (κ2) is 6.18. The first-order valence-corrected chi connectivity index (χ1v) is 9.42. The Kier molecular flexibility index (Phi) is 4.18. The van der Waals surface area contributed by atoms with Crippen molar-refractivity contribution in [1.29, 1.82) is 0 Å². The van der Waals surface area contributed by atoms with Gasteiger partial charge in [0.05, 0.1) is 21.7 Å². The molecule has 25 heavy (non-hydrogen) atoms. The van der Waals surface area contributed by atoms with Crippen molar-refractivity contribution in [3.63, 3.8) is 0 Å². The Balaban J connectivity index is 2.30. The Labute approximate surface area is 145 Å². The average Bonchev–Trinajstić information content (AvgIpc) is 2.53. The molecule has 0 saturated carbocycles. The topological polar surface area (TPSA) is 102 Å². The zero-order valence-corrected chi connectivity index (χ0v) is 14.6. The van der Waals surface area contributed by atoms with E-state index in [-0.39, 0.29) is 10.5 Å². The Morgan fingerprint density at radius 1 is 1.16 bits per heavy atom. The molecule has 3 rings (SSSR count). The number of nitrogens with one attached hydrogen (secondary N) is 1. The van der Waals surface area contributed by atoms with E-state index in [9.17, 15) is 13.2 Å². The van der Waals surface area contributed by atoms with Gasteiger partial charge in [-0.2, -0.15) is 0 Å². The lowest BCUT2D eigenvalue weighted by molar-refractivity contribution is 0.100. The first kappa shape index (κ1) is 16.9. The third-order valence-corrected chi connectivity index (χ3v) is 4.94. The molecule has 0 fully saturated rings. The van der Waals surface area contributed by atoms with Gasteiger partial charge >= 0.3 is 0 Å². The summed E-state index contributed by atoms with van der Waals surface area (Å²) < 4.78 is 24.1. The molecule has 0 spiro atoms. The maximum absolute atomic E-state index is 12.0. The molecule has 7 heteroatoms. The van der Waals surface area contributed by atoms with Crippen LogP contribution >= 0.6 is 0 Å². The van der Waals surface area contributed by atoms with Gasteiger partial charge in [0.25, 0.3) is 5.91 Å². The molecule has 0 radical (unpaired) electrons. The molecule has 1 aromatic heterocycles. The average molecular weight is 355 g/mol. The van der Waals surface area contributed by atoms with Gasteiger partial charge in [-0.25, -0.2) is 8.42 Å². The van der Waals surface area contributed by atoms with E-state index in [0.29, 0.717) is 16.6 Å². The standard InChI is InChI=1S/C18H17N3O3S/c1-11-5-3-6-12(9-11)21-16-13-7-4-8-15(25(2,23)24)17(13)20-10-14(16)18(19)22/h3-10H,1-2H3,(H2,19,22)(H,20,21). The largest absolute Gasteiger partial charge is 0.365 e. The fourth-order valence-corrected chi connectivity index (χ4v) is 3.52. The van der Waals surface area contributed by atoms with Crippen LogP contribution in [-0.2, 0) is 9.84 Å². The van der Waals surface area contributed by atoms with Crippen molar-refractivity contribution in [2.24, 2.45) is 5.73 Å². The number of hydrogen-bond donors (Lipinski definition) is 2. The number of nitrogens with zero attached hydrogens (tertiary/aromatic N) is 1. The quantitative estimate of drug-likeness (QED) is 0.749. The van der Waals surface area contributed by atoms with Crippen molar-refractivity contribution in [3.8, 4) is 0 Å². The van der Waals surface area contributed by atoms with Crippen molar-refractivity contribution >= 4 is 38.0 Å². The number of aromatic nitrogens is 1. The van der Waals surface area contributed by atoms with Gasteiger partial charge in [0.1, 0.15) is 0 Å². The van der Waals surface area contributed by atoms with Gasteiger partial charge in [-0.15, -0.1) is 0 Å². The highest BCUT2D eigenvalue weighted by Crippen LogP contribution is 2.32. The lowest BCUT2D eigenvalue weighted by atomic mass is 10.1. The van der Waals surface area contributed by atoms with Crippen LogP contribution in [0.4, 0.5) is 11.4 Å². The van der Waals surface area contributed by atoms with Crippen LogP contribution in [0.3, 0.4) is 0 Å². The molecular formula is C18H17N3O3S. The first-order valence-electron chi connectivity index (χ1n) is 7.52. The van der Waals surface area contributed by atoms with Crippen LogP contribution in [0.15, 0.2) is 53.6 Å². The second-order valence-corrected chi connectivity index (χ2v) is 7.81. The fourth-order valence-electron chi connectivity index (χ4n) is 2.68. The number of carbonyl (C=O) groups is 1. The van der Waals surface area contributed by atoms with E-state index in [0.717, 1.165) is 17.5 Å². The Hall–Kier alpha value is -2.93. The van der Waals surface area contributed by atoms with Crippen LogP contribution in [0.25, 0.3) is 10.9 Å². The molecule has 2 aromatic carbocycles. The minimum absolute atomic E-state index is 0.105. The van der Waals surface area contributed by atoms with E-state index < -0.39 is 15.7 Å². The fraction of sp³-hybridized carbons (Fsp3) is 0.111. The SMILES string of the molecule is Cc1cccc(Nc2c(C(N)=O)cnc3c(S(C)(=O)=O)cccc23)c1. The van der Waals surface area contributed by atoms with Crippen LogP contribution < -0.4 is 11.1 Å². The lowest BCUT2D eigenvalue weighted by Gasteiger charge is -2.14. The predicted octanol–water partition coefficient (Wildman–Crippen LogP) is 2.79. The summed E-state index contributed by atoms with van der Waals surface area (Å²) in [4.78, 5) is 16.1. The van der Waals surface area contributed by atoms with Gasteiger partial charge in [0.2, 0.25) is 0 Å². The monoisotopic (exact) mass is 355 g/mol. The normalized spacial score (nSPS) is 11.4. The molecule has 3 aromatic rings. The summed E-state index contributed by atoms with van der Waals surface area (Å²) in [7, 11) is -3.47. The van der Waals surface area contributed by atoms with Gasteiger partial charge in [-0.05, 0) is 30.7 Å². The molecule has 1 amide bonds. The molecule has 128 valence electrons. The van der Waals surface area contributed by atoms with Crippen molar-refractivity contribution < 1.29 is 13.2 Å². The van der Waals surface area contributed by atoms with E-state index in [1.807, 2.05) is 31.2 Å². The second-order valence-electron chi connectivity index (χ2n) is 5.83. The molecule has 6 nitrogen and oxygen atoms in total. The summed E-state index contributed by atoms with van der Waals surface area (Å²) >= 11 is 0. The van der Waals surface area contributed by atoms with Crippen LogP contribution in [0.1, 0.15) is 15.9 Å². The summed E-state index contributed by atoms with van der Waals surface area (Å²) in [5.74, 6) is -0.644. The highest BCUT2D eigenvalue weighted by atomic mass is 32.2. The number of amides is 1. The Morgan fingerprint density at radius 2 is 1.88 bits per heavy atom. The van der Waals surface area contributed by atoms with E-state index >= 15 is 0 Å². The zero-order valence-electron chi connectivity index (χ0n) is 13.8. The summed E-state index contributed by atoms with van der Waals surface area (Å²) in [6.45, 7) is 1.95. The maximum Gasteiger partial charge on any atom is 0.252 e. The number of primary amides is 1. The number of sulfone groups is 1. The van der Waals surface area contributed by atoms with Gasteiger partial charge < -0.3 is 11.1 Å². The number of para-hydroxylation sites is 1. The van der Waals surface area contributed by atoms with Gasteiger partial charge in [0.15, 0.2) is 9.84 Å². The summed E-state index contributed by atoms with van der Waals surface area (Å²) in [5.41, 5.74) is 8.21. The van der Waals surface area contributed by atoms with Crippen LogP contribution in [0, 0.1) is 6.92 Å². The predicted molar refractivity (Wildman–Crippen MR) is 97.8 cm³/mol. The minimum atomic E-state index is -3.47. The third-order valence-electron chi connectivity index (χ3n) is 3.81. The van der Waals surface area contributed by atoms with Crippen LogP contribution in [0.2, 0.25) is 0 Å². The van der Waals surface area contributed by atoms with Gasteiger partial charge in [0, 0.05) is 23.5 Å². The van der Waals surface area contributed by atoms with E-state index in [4.69, 9.17) is 5.73 Å². The van der Waals surface area contributed by atoms with Crippen molar-refractivity contribution in [2.75, 3.05) is 11.6 Å². The number of nitrogens with two attached hydrogens (primary N) is 1. The number of carbonyl (C=O) groups excluding carboxylic acids is 1. The molecule has 0 aliphatic heterocycles. The first-order chi connectivity index (χ1) is 11.8. The van der Waals surface area contributed by atoms with Crippen molar-refractivity contribution in [1.82, 2.24) is 4.98 Å². The molecule has 0 bridgehead atoms. The number of rotatable bonds is 4. The number of hydrogen-bond acceptors (Lipinski definition) is 5. The van der Waals surface area contributed by atoms with Crippen molar-refractivity contribution in [2.45, 2.75) is 11.8 Å². The zero-order chi connectivity index (χ0) is 18.2. The summed E-state index contributed by atoms with van der Waals surface area (Å²) in [5, 5.41) is 3.70. The molecule has 0 atom stereocenters. The number of pyridine rings is 1. The molecule has 3 N–H and O–H groups in total. The number of aryl methyl sites for hydroxylation is 1. The molecular weight excluding hydrogens is 338 g/mol. The van der Waals surface area contributed by atoms with E-state index in [2.05, 4.69) is 10.3 Å². The van der Waals surface area contributed by atoms with Crippen LogP contribution in [0.5, 0.6) is 0 Å². The van der Waals surface area contributed by atoms with Crippen molar-refractivity contribution in [3.05, 3.63) is 59.8 Å². The van der Waals surface area contributed by atoms with E-state index in [1.54, 1.807) is 12.1 Å². The highest BCUT2D eigenvalue weighted by molar-refractivity contribution is 7.91. The van der Waals surface area contributed by atoms with Gasteiger partial charge in [-0.1, -0.05) is 24.3 Å². The molecule has 0 unspecified atom stereocenters. The number of benzene rings is 2. The maximum atomic E-state index is 12.0. The smallest absolute Gasteiger partial charge is 0.252 e. The minimum Gasteiger partial charge on any atom is -0.365 e. The third kappa shape index (κ3) is 3.32. The summed E-state index contributed by atoms with van der Waals surface area (Å²) in [6.07, 6.45) is 2.43. The number of anilines is 2. The summed E-state index contributed by atoms with van der Waals surface area (Å²) in [6, 6.07) is 12.4. The lowest BCUT2D eigenvalue weighted by Crippen LogP contribution is -2.14. The van der Waals surface area contributed by atoms with E-state index in [1.165, 1.54) is 12.3 Å². The van der Waals surface area contributed by atoms with Crippen LogP contribution in [-0.4, -0.2) is 25.6 Å². The Morgan fingerprint density at radius 3 is 2.52 bits per heavy atom. The Bertz CT molecular complexity index is 1090.